The van der Waals surface area contributed by atoms with E-state index in [1.807, 2.05) is 10.8 Å². The number of urea groups is 1. The molecule has 2 aromatic heterocycles. The van der Waals surface area contributed by atoms with Crippen LogP contribution >= 0.6 is 0 Å². The Labute approximate surface area is 136 Å². The molecule has 7 heteroatoms. The number of rotatable bonds is 5. The summed E-state index contributed by atoms with van der Waals surface area (Å²) in [6.07, 6.45) is 6.90. The molecule has 2 N–H and O–H groups in total. The smallest absolute Gasteiger partial charge is 0.319 e. The van der Waals surface area contributed by atoms with E-state index < -0.39 is 0 Å². The lowest BCUT2D eigenvalue weighted by Crippen LogP contribution is -2.47. The molecule has 2 amide bonds. The van der Waals surface area contributed by atoms with Crippen LogP contribution in [0.15, 0.2) is 37.1 Å². The fourth-order valence-corrected chi connectivity index (χ4v) is 2.04. The number of anilines is 1. The van der Waals surface area contributed by atoms with E-state index in [2.05, 4.69) is 41.4 Å². The summed E-state index contributed by atoms with van der Waals surface area (Å²) >= 11 is 0. The Morgan fingerprint density at radius 1 is 1.39 bits per heavy atom. The molecule has 7 nitrogen and oxygen atoms in total. The lowest BCUT2D eigenvalue weighted by molar-refractivity contribution is 0.218. The van der Waals surface area contributed by atoms with Crippen LogP contribution in [-0.4, -0.2) is 33.7 Å². The van der Waals surface area contributed by atoms with Gasteiger partial charge in [0.15, 0.2) is 0 Å². The van der Waals surface area contributed by atoms with Crippen molar-refractivity contribution in [1.29, 1.82) is 0 Å². The van der Waals surface area contributed by atoms with Gasteiger partial charge in [-0.15, -0.1) is 0 Å². The number of imidazole rings is 1. The Morgan fingerprint density at radius 3 is 2.70 bits per heavy atom. The van der Waals surface area contributed by atoms with Crippen LogP contribution in [0.3, 0.4) is 0 Å². The van der Waals surface area contributed by atoms with Gasteiger partial charge in [0, 0.05) is 25.0 Å². The standard InChI is InChI=1S/C16H23N5O2/c1-16(2,3)13(10-21-8-7-17-11-21)20-15(22)19-12-5-6-14(23-4)18-9-12/h5-9,11,13H,10H2,1-4H3,(H2,19,20,22)/t13-/m1/s1. The maximum absolute atomic E-state index is 12.2. The van der Waals surface area contributed by atoms with Gasteiger partial charge in [-0.1, -0.05) is 20.8 Å². The molecule has 0 fully saturated rings. The zero-order valence-electron chi connectivity index (χ0n) is 13.9. The molecular weight excluding hydrogens is 294 g/mol. The summed E-state index contributed by atoms with van der Waals surface area (Å²) in [6.45, 7) is 6.91. The number of carbonyl (C=O) groups is 1. The highest BCUT2D eigenvalue weighted by Crippen LogP contribution is 2.21. The van der Waals surface area contributed by atoms with E-state index in [1.165, 1.54) is 0 Å². The predicted octanol–water partition coefficient (Wildman–Crippen LogP) is 2.52. The molecule has 0 unspecified atom stereocenters. The second kappa shape index (κ2) is 7.13. The van der Waals surface area contributed by atoms with Crippen LogP contribution in [0.1, 0.15) is 20.8 Å². The van der Waals surface area contributed by atoms with Crippen LogP contribution in [0.2, 0.25) is 0 Å². The lowest BCUT2D eigenvalue weighted by Gasteiger charge is -2.31. The quantitative estimate of drug-likeness (QED) is 0.888. The van der Waals surface area contributed by atoms with Gasteiger partial charge in [0.1, 0.15) is 0 Å². The zero-order chi connectivity index (χ0) is 16.9. The average Bonchev–Trinajstić information content (AvgIpc) is 2.99. The molecule has 0 aliphatic heterocycles. The van der Waals surface area contributed by atoms with E-state index >= 15 is 0 Å². The monoisotopic (exact) mass is 317 g/mol. The van der Waals surface area contributed by atoms with E-state index in [1.54, 1.807) is 38.0 Å². The SMILES string of the molecule is COc1ccc(NC(=O)N[C@H](Cn2ccnc2)C(C)(C)C)cn1. The molecule has 23 heavy (non-hydrogen) atoms. The molecular formula is C16H23N5O2. The number of hydrogen-bond acceptors (Lipinski definition) is 4. The molecule has 2 rings (SSSR count). The highest BCUT2D eigenvalue weighted by Gasteiger charge is 2.26. The topological polar surface area (TPSA) is 81.1 Å². The first kappa shape index (κ1) is 16.8. The van der Waals surface area contributed by atoms with Gasteiger partial charge >= 0.3 is 6.03 Å². The minimum Gasteiger partial charge on any atom is -0.481 e. The van der Waals surface area contributed by atoms with E-state index in [-0.39, 0.29) is 17.5 Å². The minimum atomic E-state index is -0.267. The number of aromatic nitrogens is 3. The van der Waals surface area contributed by atoms with Crippen LogP contribution in [0.4, 0.5) is 10.5 Å². The van der Waals surface area contributed by atoms with Gasteiger partial charge in [-0.25, -0.2) is 14.8 Å². The highest BCUT2D eigenvalue weighted by atomic mass is 16.5. The number of amides is 2. The summed E-state index contributed by atoms with van der Waals surface area (Å²) in [5, 5.41) is 5.80. The maximum Gasteiger partial charge on any atom is 0.319 e. The van der Waals surface area contributed by atoms with Crippen molar-refractivity contribution >= 4 is 11.7 Å². The van der Waals surface area contributed by atoms with Crippen molar-refractivity contribution in [3.05, 3.63) is 37.1 Å². The molecule has 0 bridgehead atoms. The van der Waals surface area contributed by atoms with Crippen LogP contribution in [0, 0.1) is 5.41 Å². The number of nitrogens with zero attached hydrogens (tertiary/aromatic N) is 3. The molecule has 124 valence electrons. The molecule has 0 aliphatic rings. The van der Waals surface area contributed by atoms with Crippen molar-refractivity contribution in [2.75, 3.05) is 12.4 Å². The Kier molecular flexibility index (Phi) is 5.20. The van der Waals surface area contributed by atoms with Crippen molar-refractivity contribution in [3.8, 4) is 5.88 Å². The first-order valence-electron chi connectivity index (χ1n) is 7.42. The molecule has 1 atom stereocenters. The van der Waals surface area contributed by atoms with Crippen LogP contribution in [0.5, 0.6) is 5.88 Å². The van der Waals surface area contributed by atoms with Gasteiger partial charge in [0.25, 0.3) is 0 Å². The van der Waals surface area contributed by atoms with Crippen molar-refractivity contribution in [1.82, 2.24) is 19.9 Å². The summed E-state index contributed by atoms with van der Waals surface area (Å²) in [5.74, 6) is 0.503. The van der Waals surface area contributed by atoms with Gasteiger partial charge in [-0.05, 0) is 11.5 Å². The summed E-state index contributed by atoms with van der Waals surface area (Å²) in [7, 11) is 1.55. The fourth-order valence-electron chi connectivity index (χ4n) is 2.04. The van der Waals surface area contributed by atoms with Crippen molar-refractivity contribution in [2.24, 2.45) is 5.41 Å². The summed E-state index contributed by atoms with van der Waals surface area (Å²) in [5.41, 5.74) is 0.512. The fraction of sp³-hybridized carbons (Fsp3) is 0.438. The molecule has 0 radical (unpaired) electrons. The largest absolute Gasteiger partial charge is 0.481 e. The Bertz CT molecular complexity index is 617. The molecule has 0 spiro atoms. The third-order valence-corrected chi connectivity index (χ3v) is 3.51. The number of nitrogens with one attached hydrogen (secondary N) is 2. The van der Waals surface area contributed by atoms with E-state index in [4.69, 9.17) is 4.74 Å². The summed E-state index contributed by atoms with van der Waals surface area (Å²) in [4.78, 5) is 20.3. The van der Waals surface area contributed by atoms with Gasteiger partial charge < -0.3 is 19.9 Å². The minimum absolute atomic E-state index is 0.0529. The number of carbonyl (C=O) groups excluding carboxylic acids is 1. The third-order valence-electron chi connectivity index (χ3n) is 3.51. The normalized spacial score (nSPS) is 12.5. The number of methoxy groups -OCH3 is 1. The lowest BCUT2D eigenvalue weighted by atomic mass is 9.86. The molecule has 0 saturated heterocycles. The molecule has 2 aromatic rings. The van der Waals surface area contributed by atoms with Crippen molar-refractivity contribution in [2.45, 2.75) is 33.4 Å². The Hall–Kier alpha value is -2.57. The van der Waals surface area contributed by atoms with E-state index in [0.29, 0.717) is 18.1 Å². The maximum atomic E-state index is 12.2. The van der Waals surface area contributed by atoms with Crippen LogP contribution in [-0.2, 0) is 6.54 Å². The first-order valence-corrected chi connectivity index (χ1v) is 7.42. The van der Waals surface area contributed by atoms with Crippen molar-refractivity contribution in [3.63, 3.8) is 0 Å². The van der Waals surface area contributed by atoms with Gasteiger partial charge in [-0.3, -0.25) is 0 Å². The predicted molar refractivity (Wildman–Crippen MR) is 88.4 cm³/mol. The third kappa shape index (κ3) is 4.98. The van der Waals surface area contributed by atoms with Crippen molar-refractivity contribution < 1.29 is 9.53 Å². The van der Waals surface area contributed by atoms with E-state index in [0.717, 1.165) is 0 Å². The second-order valence-electron chi connectivity index (χ2n) is 6.37. The Balaban J connectivity index is 1.99. The van der Waals surface area contributed by atoms with Gasteiger partial charge in [0.2, 0.25) is 5.88 Å². The summed E-state index contributed by atoms with van der Waals surface area (Å²) < 4.78 is 6.94. The number of pyridine rings is 1. The van der Waals surface area contributed by atoms with Gasteiger partial charge in [0.05, 0.1) is 31.4 Å². The number of ether oxygens (including phenoxy) is 1. The highest BCUT2D eigenvalue weighted by molar-refractivity contribution is 5.89. The van der Waals surface area contributed by atoms with E-state index in [9.17, 15) is 4.79 Å². The average molecular weight is 317 g/mol. The van der Waals surface area contributed by atoms with Crippen LogP contribution in [0.25, 0.3) is 0 Å². The van der Waals surface area contributed by atoms with Gasteiger partial charge in [-0.2, -0.15) is 0 Å². The first-order chi connectivity index (χ1) is 10.9. The number of hydrogen-bond donors (Lipinski definition) is 2. The second-order valence-corrected chi connectivity index (χ2v) is 6.37. The zero-order valence-corrected chi connectivity index (χ0v) is 13.9. The Morgan fingerprint density at radius 2 is 2.17 bits per heavy atom. The molecule has 0 saturated carbocycles. The molecule has 2 heterocycles. The van der Waals surface area contributed by atoms with Crippen LogP contribution < -0.4 is 15.4 Å². The summed E-state index contributed by atoms with van der Waals surface area (Å²) in [6, 6.07) is 3.12. The molecule has 0 aromatic carbocycles. The molecule has 0 aliphatic carbocycles.